The normalized spacial score (nSPS) is 10.9. The van der Waals surface area contributed by atoms with E-state index in [4.69, 9.17) is 5.11 Å². The van der Waals surface area contributed by atoms with E-state index in [2.05, 4.69) is 17.2 Å². The lowest BCUT2D eigenvalue weighted by molar-refractivity contribution is -0.137. The van der Waals surface area contributed by atoms with Crippen LogP contribution in [0, 0.1) is 0 Å². The zero-order valence-electron chi connectivity index (χ0n) is 14.5. The van der Waals surface area contributed by atoms with Gasteiger partial charge in [-0.15, -0.1) is 11.3 Å². The minimum atomic E-state index is -1.14. The van der Waals surface area contributed by atoms with Gasteiger partial charge in [0.25, 0.3) is 5.56 Å². The molecule has 0 saturated carbocycles. The molecule has 2 N–H and O–H groups in total. The van der Waals surface area contributed by atoms with Crippen molar-refractivity contribution < 1.29 is 14.7 Å². The van der Waals surface area contributed by atoms with E-state index in [0.29, 0.717) is 15.9 Å². The van der Waals surface area contributed by atoms with Gasteiger partial charge in [-0.2, -0.15) is 0 Å². The number of fused-ring (bicyclic) bond motifs is 1. The molecular weight excluding hydrogens is 386 g/mol. The van der Waals surface area contributed by atoms with Crippen molar-refractivity contribution in [1.82, 2.24) is 9.55 Å². The highest BCUT2D eigenvalue weighted by Gasteiger charge is 2.16. The van der Waals surface area contributed by atoms with E-state index in [-0.39, 0.29) is 16.8 Å². The Kier molecular flexibility index (Phi) is 5.92. The molecule has 7 nitrogen and oxygen atoms in total. The van der Waals surface area contributed by atoms with Crippen molar-refractivity contribution >= 4 is 50.9 Å². The molecule has 0 saturated heterocycles. The SMILES string of the molecule is CCc1ccc(NC(=O)CSc2nc3ccsc3c(=O)n2CC(=O)O)cc1. The molecule has 0 aliphatic rings. The smallest absolute Gasteiger partial charge is 0.323 e. The van der Waals surface area contributed by atoms with Crippen LogP contribution in [0.5, 0.6) is 0 Å². The van der Waals surface area contributed by atoms with Crippen LogP contribution in [-0.2, 0) is 22.6 Å². The maximum Gasteiger partial charge on any atom is 0.323 e. The second-order valence-electron chi connectivity index (χ2n) is 5.70. The first kappa shape index (κ1) is 19.1. The molecule has 27 heavy (non-hydrogen) atoms. The molecule has 0 bridgehead atoms. The molecule has 0 spiro atoms. The van der Waals surface area contributed by atoms with Gasteiger partial charge >= 0.3 is 5.97 Å². The monoisotopic (exact) mass is 403 g/mol. The van der Waals surface area contributed by atoms with E-state index in [1.807, 2.05) is 24.3 Å². The van der Waals surface area contributed by atoms with Crippen LogP contribution in [0.15, 0.2) is 45.7 Å². The van der Waals surface area contributed by atoms with Crippen LogP contribution in [0.1, 0.15) is 12.5 Å². The van der Waals surface area contributed by atoms with Gasteiger partial charge in [0.15, 0.2) is 5.16 Å². The van der Waals surface area contributed by atoms with Gasteiger partial charge in [0, 0.05) is 5.69 Å². The molecular formula is C18H17N3O4S2. The Morgan fingerprint density at radius 1 is 1.26 bits per heavy atom. The number of carboxylic acid groups (broad SMARTS) is 1. The molecule has 1 aromatic carbocycles. The van der Waals surface area contributed by atoms with Gasteiger partial charge in [-0.05, 0) is 35.6 Å². The van der Waals surface area contributed by atoms with Crippen molar-refractivity contribution in [3.63, 3.8) is 0 Å². The summed E-state index contributed by atoms with van der Waals surface area (Å²) in [6.45, 7) is 1.56. The van der Waals surface area contributed by atoms with E-state index in [1.165, 1.54) is 16.9 Å². The first-order valence-corrected chi connectivity index (χ1v) is 10.1. The number of thiophene rings is 1. The molecule has 0 aliphatic heterocycles. The van der Waals surface area contributed by atoms with Gasteiger partial charge in [-0.1, -0.05) is 30.8 Å². The number of nitrogens with one attached hydrogen (secondary N) is 1. The number of amides is 1. The second-order valence-corrected chi connectivity index (χ2v) is 7.56. The lowest BCUT2D eigenvalue weighted by atomic mass is 10.1. The molecule has 0 fully saturated rings. The van der Waals surface area contributed by atoms with Gasteiger partial charge in [0.2, 0.25) is 5.91 Å². The summed E-state index contributed by atoms with van der Waals surface area (Å²) >= 11 is 2.25. The minimum absolute atomic E-state index is 0.0111. The van der Waals surface area contributed by atoms with Crippen molar-refractivity contribution in [3.05, 3.63) is 51.6 Å². The third-order valence-electron chi connectivity index (χ3n) is 3.80. The van der Waals surface area contributed by atoms with Crippen LogP contribution in [0.2, 0.25) is 0 Å². The van der Waals surface area contributed by atoms with Crippen molar-refractivity contribution in [2.24, 2.45) is 0 Å². The van der Waals surface area contributed by atoms with Crippen LogP contribution >= 0.6 is 23.1 Å². The lowest BCUT2D eigenvalue weighted by Crippen LogP contribution is -2.26. The topological polar surface area (TPSA) is 101 Å². The number of carboxylic acids is 1. The van der Waals surface area contributed by atoms with Crippen molar-refractivity contribution in [2.75, 3.05) is 11.1 Å². The van der Waals surface area contributed by atoms with Crippen LogP contribution < -0.4 is 10.9 Å². The fourth-order valence-corrected chi connectivity index (χ4v) is 4.04. The molecule has 2 aromatic heterocycles. The Morgan fingerprint density at radius 2 is 2.00 bits per heavy atom. The number of anilines is 1. The average Bonchev–Trinajstić information content (AvgIpc) is 3.12. The number of thioether (sulfide) groups is 1. The molecule has 0 atom stereocenters. The number of benzene rings is 1. The number of carbonyl (C=O) groups excluding carboxylic acids is 1. The Bertz CT molecular complexity index is 1040. The van der Waals surface area contributed by atoms with E-state index in [1.54, 1.807) is 11.4 Å². The summed E-state index contributed by atoms with van der Waals surface area (Å²) in [6.07, 6.45) is 0.919. The highest BCUT2D eigenvalue weighted by atomic mass is 32.2. The maximum atomic E-state index is 12.5. The van der Waals surface area contributed by atoms with Crippen molar-refractivity contribution in [2.45, 2.75) is 25.0 Å². The van der Waals surface area contributed by atoms with E-state index >= 15 is 0 Å². The zero-order chi connectivity index (χ0) is 19.4. The summed E-state index contributed by atoms with van der Waals surface area (Å²) in [7, 11) is 0. The molecule has 0 radical (unpaired) electrons. The Hall–Kier alpha value is -2.65. The molecule has 0 aliphatic carbocycles. The first-order valence-electron chi connectivity index (χ1n) is 8.19. The number of aryl methyl sites for hydroxylation is 1. The van der Waals surface area contributed by atoms with Gasteiger partial charge in [0.1, 0.15) is 11.2 Å². The van der Waals surface area contributed by atoms with E-state index in [0.717, 1.165) is 22.7 Å². The summed E-state index contributed by atoms with van der Waals surface area (Å²) in [6, 6.07) is 9.25. The standard InChI is InChI=1S/C18H17N3O4S2/c1-2-11-3-5-12(6-4-11)19-14(22)10-27-18-20-13-7-8-26-16(13)17(25)21(18)9-15(23)24/h3-8H,2,9-10H2,1H3,(H,19,22)(H,23,24). The largest absolute Gasteiger partial charge is 0.480 e. The number of rotatable bonds is 7. The second kappa shape index (κ2) is 8.36. The molecule has 1 amide bonds. The number of nitrogens with zero attached hydrogens (tertiary/aromatic N) is 2. The van der Waals surface area contributed by atoms with Crippen LogP contribution in [0.3, 0.4) is 0 Å². The Labute approximate surface area is 163 Å². The molecule has 3 aromatic rings. The predicted molar refractivity (Wildman–Crippen MR) is 107 cm³/mol. The minimum Gasteiger partial charge on any atom is -0.480 e. The molecule has 9 heteroatoms. The van der Waals surface area contributed by atoms with Crippen LogP contribution in [0.4, 0.5) is 5.69 Å². The van der Waals surface area contributed by atoms with E-state index in [9.17, 15) is 14.4 Å². The Morgan fingerprint density at radius 3 is 2.67 bits per heavy atom. The number of hydrogen-bond donors (Lipinski definition) is 2. The first-order chi connectivity index (χ1) is 13.0. The fraction of sp³-hybridized carbons (Fsp3) is 0.222. The average molecular weight is 403 g/mol. The zero-order valence-corrected chi connectivity index (χ0v) is 16.1. The predicted octanol–water partition coefficient (Wildman–Crippen LogP) is 2.84. The third-order valence-corrected chi connectivity index (χ3v) is 5.67. The third kappa shape index (κ3) is 4.55. The maximum absolute atomic E-state index is 12.5. The lowest BCUT2D eigenvalue weighted by Gasteiger charge is -2.10. The molecule has 2 heterocycles. The molecule has 3 rings (SSSR count). The summed E-state index contributed by atoms with van der Waals surface area (Å²) in [4.78, 5) is 40.2. The van der Waals surface area contributed by atoms with Crippen molar-refractivity contribution in [3.8, 4) is 0 Å². The number of aliphatic carboxylic acids is 1. The van der Waals surface area contributed by atoms with Crippen molar-refractivity contribution in [1.29, 1.82) is 0 Å². The summed E-state index contributed by atoms with van der Waals surface area (Å²) in [5.41, 5.74) is 1.95. The number of carbonyl (C=O) groups is 2. The summed E-state index contributed by atoms with van der Waals surface area (Å²) in [5, 5.41) is 13.8. The molecule has 0 unspecified atom stereocenters. The number of aromatic nitrogens is 2. The van der Waals surface area contributed by atoms with Gasteiger partial charge in [-0.25, -0.2) is 4.98 Å². The highest BCUT2D eigenvalue weighted by molar-refractivity contribution is 7.99. The van der Waals surface area contributed by atoms with Gasteiger partial charge in [0.05, 0.1) is 11.3 Å². The van der Waals surface area contributed by atoms with Crippen LogP contribution in [-0.4, -0.2) is 32.3 Å². The number of hydrogen-bond acceptors (Lipinski definition) is 6. The van der Waals surface area contributed by atoms with E-state index < -0.39 is 18.1 Å². The Balaban J connectivity index is 1.75. The highest BCUT2D eigenvalue weighted by Crippen LogP contribution is 2.21. The van der Waals surface area contributed by atoms with Gasteiger partial charge in [-0.3, -0.25) is 19.0 Å². The molecule has 140 valence electrons. The fourth-order valence-electron chi connectivity index (χ4n) is 2.46. The van der Waals surface area contributed by atoms with Crippen LogP contribution in [0.25, 0.3) is 10.2 Å². The summed E-state index contributed by atoms with van der Waals surface area (Å²) in [5.74, 6) is -1.39. The van der Waals surface area contributed by atoms with Gasteiger partial charge < -0.3 is 10.4 Å². The summed E-state index contributed by atoms with van der Waals surface area (Å²) < 4.78 is 1.50. The quantitative estimate of drug-likeness (QED) is 0.465.